The van der Waals surface area contributed by atoms with E-state index < -0.39 is 0 Å². The van der Waals surface area contributed by atoms with Gasteiger partial charge in [-0.05, 0) is 25.9 Å². The van der Waals surface area contributed by atoms with Crippen LogP contribution >= 0.6 is 11.3 Å². The van der Waals surface area contributed by atoms with E-state index >= 15 is 0 Å². The highest BCUT2D eigenvalue weighted by Gasteiger charge is 2.18. The van der Waals surface area contributed by atoms with Crippen molar-refractivity contribution in [1.82, 2.24) is 15.6 Å². The first kappa shape index (κ1) is 12.5. The average molecular weight is 253 g/mol. The van der Waals surface area contributed by atoms with Gasteiger partial charge >= 0.3 is 0 Å². The largest absolute Gasteiger partial charge is 0.348 e. The molecule has 2 heterocycles. The molecule has 1 aromatic heterocycles. The molecule has 0 aliphatic carbocycles. The Morgan fingerprint density at radius 3 is 2.82 bits per heavy atom. The molecule has 0 atom stereocenters. The average Bonchev–Trinajstić information content (AvgIpc) is 2.79. The third-order valence-electron chi connectivity index (χ3n) is 2.92. The molecule has 0 saturated carbocycles. The fourth-order valence-corrected chi connectivity index (χ4v) is 2.70. The molecule has 0 bridgehead atoms. The number of amides is 1. The fourth-order valence-electron chi connectivity index (χ4n) is 1.88. The van der Waals surface area contributed by atoms with Crippen LogP contribution < -0.4 is 10.6 Å². The standard InChI is InChI=1S/C12H19N3OS/c1-8(2)12-15-10(7-17-12)11(16)14-9-3-5-13-6-4-9/h7-9,13H,3-6H2,1-2H3,(H,14,16). The second kappa shape index (κ2) is 5.60. The number of piperidine rings is 1. The lowest BCUT2D eigenvalue weighted by Crippen LogP contribution is -2.42. The van der Waals surface area contributed by atoms with E-state index in [1.54, 1.807) is 11.3 Å². The summed E-state index contributed by atoms with van der Waals surface area (Å²) in [5.74, 6) is 0.362. The van der Waals surface area contributed by atoms with Gasteiger partial charge in [0.2, 0.25) is 0 Å². The lowest BCUT2D eigenvalue weighted by molar-refractivity contribution is 0.0925. The summed E-state index contributed by atoms with van der Waals surface area (Å²) in [5.41, 5.74) is 0.567. The number of carbonyl (C=O) groups excluding carboxylic acids is 1. The molecule has 1 fully saturated rings. The molecule has 1 aliphatic heterocycles. The van der Waals surface area contributed by atoms with Crippen LogP contribution in [0.3, 0.4) is 0 Å². The molecule has 2 N–H and O–H groups in total. The smallest absolute Gasteiger partial charge is 0.270 e. The van der Waals surface area contributed by atoms with Crippen LogP contribution in [0.25, 0.3) is 0 Å². The normalized spacial score (nSPS) is 17.4. The molecule has 0 radical (unpaired) electrons. The molecule has 5 heteroatoms. The number of hydrogen-bond acceptors (Lipinski definition) is 4. The van der Waals surface area contributed by atoms with E-state index in [1.807, 2.05) is 5.38 Å². The van der Waals surface area contributed by atoms with Gasteiger partial charge in [0.1, 0.15) is 5.69 Å². The first-order valence-corrected chi connectivity index (χ1v) is 7.02. The van der Waals surface area contributed by atoms with E-state index in [-0.39, 0.29) is 5.91 Å². The Labute approximate surface area is 106 Å². The maximum absolute atomic E-state index is 12.0. The molecule has 1 aromatic rings. The van der Waals surface area contributed by atoms with Crippen LogP contribution in [-0.4, -0.2) is 30.0 Å². The molecule has 17 heavy (non-hydrogen) atoms. The number of rotatable bonds is 3. The van der Waals surface area contributed by atoms with Crippen LogP contribution in [0, 0.1) is 0 Å². The maximum atomic E-state index is 12.0. The number of aromatic nitrogens is 1. The summed E-state index contributed by atoms with van der Waals surface area (Å²) in [6.07, 6.45) is 2.01. The van der Waals surface area contributed by atoms with Crippen molar-refractivity contribution in [3.05, 3.63) is 16.1 Å². The van der Waals surface area contributed by atoms with Crippen molar-refractivity contribution in [1.29, 1.82) is 0 Å². The van der Waals surface area contributed by atoms with Crippen molar-refractivity contribution in [2.75, 3.05) is 13.1 Å². The highest BCUT2D eigenvalue weighted by molar-refractivity contribution is 7.09. The lowest BCUT2D eigenvalue weighted by atomic mass is 10.1. The summed E-state index contributed by atoms with van der Waals surface area (Å²) in [4.78, 5) is 16.3. The van der Waals surface area contributed by atoms with Gasteiger partial charge in [-0.1, -0.05) is 13.8 Å². The van der Waals surface area contributed by atoms with E-state index in [0.717, 1.165) is 30.9 Å². The minimum absolute atomic E-state index is 0.0277. The predicted octanol–water partition coefficient (Wildman–Crippen LogP) is 1.75. The van der Waals surface area contributed by atoms with Crippen molar-refractivity contribution in [3.63, 3.8) is 0 Å². The molecule has 4 nitrogen and oxygen atoms in total. The van der Waals surface area contributed by atoms with Crippen LogP contribution in [0.4, 0.5) is 0 Å². The Hall–Kier alpha value is -0.940. The van der Waals surface area contributed by atoms with E-state index in [4.69, 9.17) is 0 Å². The van der Waals surface area contributed by atoms with Crippen molar-refractivity contribution < 1.29 is 4.79 Å². The molecule has 1 saturated heterocycles. The van der Waals surface area contributed by atoms with Crippen molar-refractivity contribution in [2.45, 2.75) is 38.6 Å². The minimum atomic E-state index is -0.0277. The molecular weight excluding hydrogens is 234 g/mol. The summed E-state index contributed by atoms with van der Waals surface area (Å²) in [6.45, 7) is 6.15. The highest BCUT2D eigenvalue weighted by Crippen LogP contribution is 2.19. The summed E-state index contributed by atoms with van der Waals surface area (Å²) >= 11 is 1.56. The lowest BCUT2D eigenvalue weighted by Gasteiger charge is -2.23. The van der Waals surface area contributed by atoms with Gasteiger partial charge in [-0.25, -0.2) is 4.98 Å². The van der Waals surface area contributed by atoms with Crippen LogP contribution in [0.1, 0.15) is 48.1 Å². The number of thiazole rings is 1. The van der Waals surface area contributed by atoms with Crippen molar-refractivity contribution in [2.24, 2.45) is 0 Å². The molecule has 0 unspecified atom stereocenters. The quantitative estimate of drug-likeness (QED) is 0.863. The van der Waals surface area contributed by atoms with Gasteiger partial charge < -0.3 is 10.6 Å². The molecule has 1 amide bonds. The molecular formula is C12H19N3OS. The van der Waals surface area contributed by atoms with E-state index in [1.165, 1.54) is 0 Å². The minimum Gasteiger partial charge on any atom is -0.348 e. The Morgan fingerprint density at radius 2 is 2.24 bits per heavy atom. The third kappa shape index (κ3) is 3.26. The van der Waals surface area contributed by atoms with Gasteiger partial charge in [0, 0.05) is 17.3 Å². The van der Waals surface area contributed by atoms with Crippen LogP contribution in [0.15, 0.2) is 5.38 Å². The van der Waals surface area contributed by atoms with Gasteiger partial charge in [0.25, 0.3) is 5.91 Å². The van der Waals surface area contributed by atoms with Gasteiger partial charge in [-0.15, -0.1) is 11.3 Å². The second-order valence-corrected chi connectivity index (χ2v) is 5.61. The fraction of sp³-hybridized carbons (Fsp3) is 0.667. The van der Waals surface area contributed by atoms with Gasteiger partial charge in [-0.2, -0.15) is 0 Å². The summed E-state index contributed by atoms with van der Waals surface area (Å²) < 4.78 is 0. The topological polar surface area (TPSA) is 54.0 Å². The molecule has 94 valence electrons. The Bertz CT molecular complexity index is 383. The Balaban J connectivity index is 1.94. The zero-order chi connectivity index (χ0) is 12.3. The van der Waals surface area contributed by atoms with E-state index in [2.05, 4.69) is 29.5 Å². The summed E-state index contributed by atoms with van der Waals surface area (Å²) in [6, 6.07) is 0.299. The molecule has 0 aromatic carbocycles. The summed E-state index contributed by atoms with van der Waals surface area (Å²) in [5, 5.41) is 9.22. The van der Waals surface area contributed by atoms with Crippen LogP contribution in [0.2, 0.25) is 0 Å². The van der Waals surface area contributed by atoms with Crippen LogP contribution in [0.5, 0.6) is 0 Å². The van der Waals surface area contributed by atoms with Crippen molar-refractivity contribution in [3.8, 4) is 0 Å². The SMILES string of the molecule is CC(C)c1nc(C(=O)NC2CCNCC2)cs1. The zero-order valence-electron chi connectivity index (χ0n) is 10.3. The summed E-state index contributed by atoms with van der Waals surface area (Å²) in [7, 11) is 0. The third-order valence-corrected chi connectivity index (χ3v) is 4.07. The van der Waals surface area contributed by atoms with E-state index in [9.17, 15) is 4.79 Å². The molecule has 0 spiro atoms. The molecule has 1 aliphatic rings. The highest BCUT2D eigenvalue weighted by atomic mass is 32.1. The van der Waals surface area contributed by atoms with Gasteiger partial charge in [0.15, 0.2) is 0 Å². The van der Waals surface area contributed by atoms with Crippen LogP contribution in [-0.2, 0) is 0 Å². The Kier molecular flexibility index (Phi) is 4.12. The number of carbonyl (C=O) groups is 1. The van der Waals surface area contributed by atoms with Crippen molar-refractivity contribution >= 4 is 17.2 Å². The molecule has 2 rings (SSSR count). The van der Waals surface area contributed by atoms with Gasteiger partial charge in [-0.3, -0.25) is 4.79 Å². The van der Waals surface area contributed by atoms with E-state index in [0.29, 0.717) is 17.7 Å². The predicted molar refractivity (Wildman–Crippen MR) is 69.6 cm³/mol. The number of nitrogens with zero attached hydrogens (tertiary/aromatic N) is 1. The number of nitrogens with one attached hydrogen (secondary N) is 2. The van der Waals surface area contributed by atoms with Gasteiger partial charge in [0.05, 0.1) is 5.01 Å². The zero-order valence-corrected chi connectivity index (χ0v) is 11.1. The maximum Gasteiger partial charge on any atom is 0.270 e. The second-order valence-electron chi connectivity index (χ2n) is 4.72. The monoisotopic (exact) mass is 253 g/mol. The first-order valence-electron chi connectivity index (χ1n) is 6.14. The Morgan fingerprint density at radius 1 is 1.53 bits per heavy atom. The number of hydrogen-bond donors (Lipinski definition) is 2. The first-order chi connectivity index (χ1) is 8.16.